The minimum absolute atomic E-state index is 0.156. The number of likely N-dealkylation sites (tertiary alicyclic amines) is 1. The number of primary amides is 1. The van der Waals surface area contributed by atoms with Crippen LogP contribution in [0.5, 0.6) is 0 Å². The fourth-order valence-electron chi connectivity index (χ4n) is 3.64. The first-order valence-electron chi connectivity index (χ1n) is 11.2. The molecule has 0 saturated carbocycles. The summed E-state index contributed by atoms with van der Waals surface area (Å²) in [4.78, 5) is 62.7. The zero-order chi connectivity index (χ0) is 25.1. The second-order valence-electron chi connectivity index (χ2n) is 8.35. The third-order valence-electron chi connectivity index (χ3n) is 5.88. The van der Waals surface area contributed by atoms with Crippen molar-refractivity contribution in [2.75, 3.05) is 18.6 Å². The Balaban J connectivity index is 2.91. The van der Waals surface area contributed by atoms with Gasteiger partial charge in [-0.25, -0.2) is 4.79 Å². The number of nitrogens with two attached hydrogens (primary N) is 2. The van der Waals surface area contributed by atoms with Gasteiger partial charge in [0.15, 0.2) is 0 Å². The number of hydrogen-bond donors (Lipinski definition) is 5. The van der Waals surface area contributed by atoms with Gasteiger partial charge in [0.2, 0.25) is 23.6 Å². The quantitative estimate of drug-likeness (QED) is 0.215. The summed E-state index contributed by atoms with van der Waals surface area (Å²) >= 11 is 1.58. The number of nitrogens with zero attached hydrogens (tertiary/aromatic N) is 1. The highest BCUT2D eigenvalue weighted by molar-refractivity contribution is 7.98. The molecule has 7 N–H and O–H groups in total. The summed E-state index contributed by atoms with van der Waals surface area (Å²) < 4.78 is 0. The van der Waals surface area contributed by atoms with Crippen molar-refractivity contribution in [3.8, 4) is 0 Å². The van der Waals surface area contributed by atoms with Gasteiger partial charge in [-0.3, -0.25) is 19.2 Å². The Morgan fingerprint density at radius 2 is 1.85 bits per heavy atom. The molecule has 1 saturated heterocycles. The maximum atomic E-state index is 13.1. The number of aliphatic carboxylic acids is 1. The molecule has 1 heterocycles. The second kappa shape index (κ2) is 14.0. The Morgan fingerprint density at radius 3 is 2.39 bits per heavy atom. The van der Waals surface area contributed by atoms with Crippen molar-refractivity contribution < 1.29 is 29.1 Å². The topological polar surface area (TPSA) is 185 Å². The molecule has 11 nitrogen and oxygen atoms in total. The Hall–Kier alpha value is -2.34. The van der Waals surface area contributed by atoms with Gasteiger partial charge in [-0.15, -0.1) is 0 Å². The lowest BCUT2D eigenvalue weighted by Gasteiger charge is -2.30. The lowest BCUT2D eigenvalue weighted by Crippen LogP contribution is -2.58. The van der Waals surface area contributed by atoms with E-state index in [0.717, 1.165) is 5.75 Å². The molecule has 1 aliphatic heterocycles. The lowest BCUT2D eigenvalue weighted by atomic mass is 9.97. The summed E-state index contributed by atoms with van der Waals surface area (Å²) in [6.45, 7) is 4.02. The van der Waals surface area contributed by atoms with Crippen LogP contribution in [0.3, 0.4) is 0 Å². The SMILES string of the molecule is CCC(C)C(NC(=O)C1CCCN1C(=O)C(N)CCSC)C(=O)NC(CCC(N)=O)C(=O)O. The summed E-state index contributed by atoms with van der Waals surface area (Å²) in [5, 5.41) is 14.5. The largest absolute Gasteiger partial charge is 0.480 e. The van der Waals surface area contributed by atoms with E-state index in [1.807, 2.05) is 13.2 Å². The molecular weight excluding hydrogens is 450 g/mol. The number of nitrogens with one attached hydrogen (secondary N) is 2. The molecule has 0 radical (unpaired) electrons. The summed E-state index contributed by atoms with van der Waals surface area (Å²) in [6.07, 6.45) is 3.72. The molecule has 188 valence electrons. The van der Waals surface area contributed by atoms with Crippen LogP contribution in [0.1, 0.15) is 52.4 Å². The molecule has 0 aliphatic carbocycles. The summed E-state index contributed by atoms with van der Waals surface area (Å²) in [5.41, 5.74) is 11.1. The van der Waals surface area contributed by atoms with Crippen LogP contribution in [0.15, 0.2) is 0 Å². The van der Waals surface area contributed by atoms with Crippen molar-refractivity contribution in [1.29, 1.82) is 0 Å². The van der Waals surface area contributed by atoms with Crippen molar-refractivity contribution in [2.45, 2.75) is 76.5 Å². The van der Waals surface area contributed by atoms with Crippen molar-refractivity contribution >= 4 is 41.4 Å². The van der Waals surface area contributed by atoms with Crippen LogP contribution >= 0.6 is 11.8 Å². The van der Waals surface area contributed by atoms with Gasteiger partial charge in [0.1, 0.15) is 18.1 Å². The highest BCUT2D eigenvalue weighted by Gasteiger charge is 2.38. The van der Waals surface area contributed by atoms with E-state index in [-0.39, 0.29) is 24.7 Å². The van der Waals surface area contributed by atoms with E-state index in [4.69, 9.17) is 11.5 Å². The average molecular weight is 488 g/mol. The normalized spacial score (nSPS) is 19.3. The van der Waals surface area contributed by atoms with Crippen molar-refractivity contribution in [2.24, 2.45) is 17.4 Å². The predicted molar refractivity (Wildman–Crippen MR) is 125 cm³/mol. The number of hydrogen-bond acceptors (Lipinski definition) is 7. The van der Waals surface area contributed by atoms with Gasteiger partial charge >= 0.3 is 5.97 Å². The molecular formula is C21H37N5O6S. The molecule has 5 atom stereocenters. The molecule has 1 rings (SSSR count). The molecule has 5 unspecified atom stereocenters. The van der Waals surface area contributed by atoms with E-state index in [2.05, 4.69) is 10.6 Å². The number of thioether (sulfide) groups is 1. The summed E-state index contributed by atoms with van der Waals surface area (Å²) in [6, 6.07) is -3.74. The third-order valence-corrected chi connectivity index (χ3v) is 6.52. The molecule has 1 aliphatic rings. The van der Waals surface area contributed by atoms with Gasteiger partial charge in [0.05, 0.1) is 6.04 Å². The molecule has 4 amide bonds. The highest BCUT2D eigenvalue weighted by Crippen LogP contribution is 2.20. The van der Waals surface area contributed by atoms with Gasteiger partial charge in [-0.2, -0.15) is 11.8 Å². The maximum absolute atomic E-state index is 13.1. The average Bonchev–Trinajstić information content (AvgIpc) is 3.26. The molecule has 0 bridgehead atoms. The first-order chi connectivity index (χ1) is 15.5. The minimum Gasteiger partial charge on any atom is -0.480 e. The van der Waals surface area contributed by atoms with E-state index in [1.165, 1.54) is 4.90 Å². The molecule has 33 heavy (non-hydrogen) atoms. The predicted octanol–water partition coefficient (Wildman–Crippen LogP) is -0.576. The molecule has 12 heteroatoms. The number of carboxylic acids is 1. The molecule has 1 fully saturated rings. The van der Waals surface area contributed by atoms with Gasteiger partial charge in [-0.1, -0.05) is 20.3 Å². The summed E-state index contributed by atoms with van der Waals surface area (Å²) in [7, 11) is 0. The molecule has 0 aromatic carbocycles. The Morgan fingerprint density at radius 1 is 1.18 bits per heavy atom. The first kappa shape index (κ1) is 28.7. The molecule has 0 aromatic rings. The highest BCUT2D eigenvalue weighted by atomic mass is 32.2. The van der Waals surface area contributed by atoms with E-state index in [9.17, 15) is 29.1 Å². The van der Waals surface area contributed by atoms with Crippen LogP contribution in [0.25, 0.3) is 0 Å². The maximum Gasteiger partial charge on any atom is 0.326 e. The zero-order valence-corrected chi connectivity index (χ0v) is 20.4. The number of amides is 4. The van der Waals surface area contributed by atoms with Crippen molar-refractivity contribution in [1.82, 2.24) is 15.5 Å². The Labute approximate surface area is 198 Å². The Bertz CT molecular complexity index is 721. The van der Waals surface area contributed by atoms with Gasteiger partial charge in [-0.05, 0) is 43.6 Å². The van der Waals surface area contributed by atoms with Crippen molar-refractivity contribution in [3.05, 3.63) is 0 Å². The van der Waals surface area contributed by atoms with Crippen LogP contribution < -0.4 is 22.1 Å². The molecule has 0 aromatic heterocycles. The number of carbonyl (C=O) groups is 5. The van der Waals surface area contributed by atoms with E-state index in [1.54, 1.807) is 18.7 Å². The molecule has 0 spiro atoms. The zero-order valence-electron chi connectivity index (χ0n) is 19.5. The van der Waals surface area contributed by atoms with Crippen LogP contribution in [0.2, 0.25) is 0 Å². The minimum atomic E-state index is -1.31. The number of carboxylic acid groups (broad SMARTS) is 1. The second-order valence-corrected chi connectivity index (χ2v) is 9.34. The van der Waals surface area contributed by atoms with Crippen LogP contribution in [-0.2, 0) is 24.0 Å². The van der Waals surface area contributed by atoms with Crippen LogP contribution in [-0.4, -0.2) is 82.3 Å². The monoisotopic (exact) mass is 487 g/mol. The number of carbonyl (C=O) groups excluding carboxylic acids is 4. The smallest absolute Gasteiger partial charge is 0.326 e. The lowest BCUT2D eigenvalue weighted by molar-refractivity contribution is -0.143. The van der Waals surface area contributed by atoms with E-state index >= 15 is 0 Å². The fraction of sp³-hybridized carbons (Fsp3) is 0.762. The van der Waals surface area contributed by atoms with Crippen LogP contribution in [0.4, 0.5) is 0 Å². The van der Waals surface area contributed by atoms with Crippen molar-refractivity contribution in [3.63, 3.8) is 0 Å². The van der Waals surface area contributed by atoms with Gasteiger partial charge in [0, 0.05) is 13.0 Å². The van der Waals surface area contributed by atoms with Crippen LogP contribution in [0, 0.1) is 5.92 Å². The number of rotatable bonds is 14. The summed E-state index contributed by atoms with van der Waals surface area (Å²) in [5.74, 6) is -2.97. The first-order valence-corrected chi connectivity index (χ1v) is 12.6. The van der Waals surface area contributed by atoms with Gasteiger partial charge < -0.3 is 32.1 Å². The van der Waals surface area contributed by atoms with Gasteiger partial charge in [0.25, 0.3) is 0 Å². The fourth-order valence-corrected chi connectivity index (χ4v) is 4.13. The Kier molecular flexibility index (Phi) is 12.2. The van der Waals surface area contributed by atoms with E-state index in [0.29, 0.717) is 32.2 Å². The standard InChI is InChI=1S/C21H37N5O6S/c1-4-12(2)17(19(29)24-14(21(31)32)7-8-16(23)27)25-18(28)15-6-5-10-26(15)20(30)13(22)9-11-33-3/h12-15,17H,4-11,22H2,1-3H3,(H2,23,27)(H,24,29)(H,25,28)(H,31,32). The third kappa shape index (κ3) is 8.84. The van der Waals surface area contributed by atoms with E-state index < -0.39 is 47.9 Å².